The third-order valence-electron chi connectivity index (χ3n) is 4.08. The van der Waals surface area contributed by atoms with Gasteiger partial charge < -0.3 is 13.7 Å². The smallest absolute Gasteiger partial charge is 0.453 e. The van der Waals surface area contributed by atoms with Crippen molar-refractivity contribution in [3.8, 4) is 17.0 Å². The van der Waals surface area contributed by atoms with Gasteiger partial charge in [-0.1, -0.05) is 35.5 Å². The van der Waals surface area contributed by atoms with Gasteiger partial charge in [0, 0.05) is 10.9 Å². The van der Waals surface area contributed by atoms with E-state index in [0.717, 1.165) is 12.1 Å². The zero-order valence-electron chi connectivity index (χ0n) is 14.4. The lowest BCUT2D eigenvalue weighted by atomic mass is 10.0. The molecule has 0 bridgehead atoms. The number of ether oxygens (including phenoxy) is 1. The van der Waals surface area contributed by atoms with Crippen LogP contribution in [0.1, 0.15) is 21.9 Å². The van der Waals surface area contributed by atoms with Crippen molar-refractivity contribution in [2.45, 2.75) is 13.3 Å². The molecule has 0 N–H and O–H groups in total. The van der Waals surface area contributed by atoms with Crippen LogP contribution in [0.3, 0.4) is 0 Å². The van der Waals surface area contributed by atoms with E-state index in [0.29, 0.717) is 22.4 Å². The van der Waals surface area contributed by atoms with Gasteiger partial charge in [0.25, 0.3) is 0 Å². The van der Waals surface area contributed by atoms with E-state index < -0.39 is 17.9 Å². The summed E-state index contributed by atoms with van der Waals surface area (Å²) in [4.78, 5) is 13.0. The van der Waals surface area contributed by atoms with Crippen LogP contribution < -0.4 is 4.74 Å². The monoisotopic (exact) mass is 387 g/mol. The number of nitrogens with zero attached hydrogens (tertiary/aromatic N) is 1. The minimum atomic E-state index is -4.81. The fraction of sp³-hybridized carbons (Fsp3) is 0.100. The molecule has 0 fully saturated rings. The molecule has 0 radical (unpaired) electrons. The summed E-state index contributed by atoms with van der Waals surface area (Å²) in [7, 11) is 0. The number of aromatic nitrogens is 1. The van der Waals surface area contributed by atoms with E-state index in [1.165, 1.54) is 12.1 Å². The SMILES string of the molecule is Cc1onc(-c2ccccc2)c1C(=O)c1cc2cc(OC(F)(F)F)ccc2o1. The summed E-state index contributed by atoms with van der Waals surface area (Å²) in [5.74, 6) is -0.605. The topological polar surface area (TPSA) is 65.5 Å². The van der Waals surface area contributed by atoms with Crippen LogP contribution in [0.2, 0.25) is 0 Å². The second kappa shape index (κ2) is 6.56. The molecule has 0 spiro atoms. The predicted molar refractivity (Wildman–Crippen MR) is 93.0 cm³/mol. The number of alkyl halides is 3. The first-order valence-electron chi connectivity index (χ1n) is 8.17. The second-order valence-corrected chi connectivity index (χ2v) is 6.02. The fourth-order valence-corrected chi connectivity index (χ4v) is 2.89. The van der Waals surface area contributed by atoms with Crippen molar-refractivity contribution in [1.82, 2.24) is 5.16 Å². The number of halogens is 3. The fourth-order valence-electron chi connectivity index (χ4n) is 2.89. The minimum Gasteiger partial charge on any atom is -0.453 e. The summed E-state index contributed by atoms with van der Waals surface area (Å²) < 4.78 is 51.8. The Morgan fingerprint density at radius 3 is 2.54 bits per heavy atom. The maximum Gasteiger partial charge on any atom is 0.573 e. The lowest BCUT2D eigenvalue weighted by Gasteiger charge is -2.07. The summed E-state index contributed by atoms with van der Waals surface area (Å²) in [6, 6.07) is 14.0. The van der Waals surface area contributed by atoms with Crippen LogP contribution in [-0.4, -0.2) is 17.3 Å². The van der Waals surface area contributed by atoms with E-state index in [-0.39, 0.29) is 16.9 Å². The highest BCUT2D eigenvalue weighted by Crippen LogP contribution is 2.31. The third-order valence-corrected chi connectivity index (χ3v) is 4.08. The number of furan rings is 1. The number of rotatable bonds is 4. The van der Waals surface area contributed by atoms with Gasteiger partial charge in [-0.2, -0.15) is 0 Å². The molecule has 0 unspecified atom stereocenters. The molecule has 0 atom stereocenters. The van der Waals surface area contributed by atoms with Crippen LogP contribution in [0.25, 0.3) is 22.2 Å². The minimum absolute atomic E-state index is 0.0392. The lowest BCUT2D eigenvalue weighted by molar-refractivity contribution is -0.274. The standard InChI is InChI=1S/C20H12F3NO4/c1-11-17(18(24-28-11)12-5-3-2-4-6-12)19(25)16-10-13-9-14(27-20(21,22)23)7-8-15(13)26-16/h2-10H,1H3. The van der Waals surface area contributed by atoms with E-state index in [9.17, 15) is 18.0 Å². The number of hydrogen-bond acceptors (Lipinski definition) is 5. The highest BCUT2D eigenvalue weighted by atomic mass is 19.4. The van der Waals surface area contributed by atoms with Gasteiger partial charge in [0.1, 0.15) is 22.8 Å². The van der Waals surface area contributed by atoms with E-state index in [4.69, 9.17) is 8.94 Å². The van der Waals surface area contributed by atoms with Crippen LogP contribution in [0.15, 0.2) is 63.5 Å². The number of carbonyl (C=O) groups excluding carboxylic acids is 1. The van der Waals surface area contributed by atoms with Gasteiger partial charge in [-0.25, -0.2) is 0 Å². The number of hydrogen-bond donors (Lipinski definition) is 0. The molecule has 0 saturated carbocycles. The van der Waals surface area contributed by atoms with E-state index in [1.807, 2.05) is 6.07 Å². The number of fused-ring (bicyclic) bond motifs is 1. The molecular weight excluding hydrogens is 375 g/mol. The Labute approximate surface area is 156 Å². The van der Waals surface area contributed by atoms with Crippen molar-refractivity contribution < 1.29 is 31.6 Å². The summed E-state index contributed by atoms with van der Waals surface area (Å²) in [6.07, 6.45) is -4.81. The normalized spacial score (nSPS) is 11.7. The molecule has 0 aliphatic carbocycles. The molecule has 2 aromatic heterocycles. The first kappa shape index (κ1) is 17.8. The molecule has 28 heavy (non-hydrogen) atoms. The first-order valence-corrected chi connectivity index (χ1v) is 8.17. The molecule has 0 aliphatic heterocycles. The molecule has 2 heterocycles. The molecular formula is C20H12F3NO4. The van der Waals surface area contributed by atoms with Crippen LogP contribution >= 0.6 is 0 Å². The second-order valence-electron chi connectivity index (χ2n) is 6.02. The largest absolute Gasteiger partial charge is 0.573 e. The van der Waals surface area contributed by atoms with Crippen molar-refractivity contribution >= 4 is 16.8 Å². The zero-order chi connectivity index (χ0) is 19.9. The lowest BCUT2D eigenvalue weighted by Crippen LogP contribution is -2.16. The summed E-state index contributed by atoms with van der Waals surface area (Å²) in [5, 5.41) is 4.26. The van der Waals surface area contributed by atoms with Gasteiger partial charge in [-0.3, -0.25) is 4.79 Å². The maximum atomic E-state index is 13.0. The van der Waals surface area contributed by atoms with Gasteiger partial charge in [0.15, 0.2) is 5.76 Å². The highest BCUT2D eigenvalue weighted by molar-refractivity contribution is 6.12. The maximum absolute atomic E-state index is 13.0. The highest BCUT2D eigenvalue weighted by Gasteiger charge is 2.31. The van der Waals surface area contributed by atoms with Crippen LogP contribution in [-0.2, 0) is 0 Å². The Kier molecular flexibility index (Phi) is 4.18. The quantitative estimate of drug-likeness (QED) is 0.431. The molecule has 0 saturated heterocycles. The summed E-state index contributed by atoms with van der Waals surface area (Å²) >= 11 is 0. The Bertz CT molecular complexity index is 1160. The average molecular weight is 387 g/mol. The number of benzene rings is 2. The van der Waals surface area contributed by atoms with E-state index in [1.54, 1.807) is 31.2 Å². The Morgan fingerprint density at radius 1 is 1.07 bits per heavy atom. The molecule has 5 nitrogen and oxygen atoms in total. The Morgan fingerprint density at radius 2 is 1.82 bits per heavy atom. The summed E-state index contributed by atoms with van der Waals surface area (Å²) in [6.45, 7) is 1.60. The van der Waals surface area contributed by atoms with Crippen molar-refractivity contribution in [2.24, 2.45) is 0 Å². The van der Waals surface area contributed by atoms with Gasteiger partial charge in [0.05, 0.1) is 5.56 Å². The molecule has 2 aromatic carbocycles. The first-order chi connectivity index (χ1) is 13.3. The Hall–Kier alpha value is -3.55. The number of ketones is 1. The van der Waals surface area contributed by atoms with Crippen molar-refractivity contribution in [2.75, 3.05) is 0 Å². The van der Waals surface area contributed by atoms with Gasteiger partial charge in [-0.05, 0) is 31.2 Å². The van der Waals surface area contributed by atoms with E-state index in [2.05, 4.69) is 9.89 Å². The van der Waals surface area contributed by atoms with Crippen molar-refractivity contribution in [3.63, 3.8) is 0 Å². The molecule has 8 heteroatoms. The van der Waals surface area contributed by atoms with Crippen LogP contribution in [0.5, 0.6) is 5.75 Å². The van der Waals surface area contributed by atoms with E-state index >= 15 is 0 Å². The molecule has 0 amide bonds. The van der Waals surface area contributed by atoms with Crippen LogP contribution in [0, 0.1) is 6.92 Å². The van der Waals surface area contributed by atoms with Crippen molar-refractivity contribution in [3.05, 3.63) is 71.7 Å². The average Bonchev–Trinajstić information content (AvgIpc) is 3.23. The van der Waals surface area contributed by atoms with Crippen LogP contribution in [0.4, 0.5) is 13.2 Å². The van der Waals surface area contributed by atoms with Gasteiger partial charge in [-0.15, -0.1) is 13.2 Å². The van der Waals surface area contributed by atoms with Gasteiger partial charge >= 0.3 is 6.36 Å². The zero-order valence-corrected chi connectivity index (χ0v) is 14.4. The number of carbonyl (C=O) groups is 1. The summed E-state index contributed by atoms with van der Waals surface area (Å²) in [5.41, 5.74) is 1.55. The third kappa shape index (κ3) is 3.36. The molecule has 0 aliphatic rings. The predicted octanol–water partition coefficient (Wildman–Crippen LogP) is 5.53. The number of aryl methyl sites for hydroxylation is 1. The van der Waals surface area contributed by atoms with Crippen molar-refractivity contribution in [1.29, 1.82) is 0 Å². The molecule has 4 rings (SSSR count). The molecule has 142 valence electrons. The Balaban J connectivity index is 1.73. The van der Waals surface area contributed by atoms with Gasteiger partial charge in [0.2, 0.25) is 5.78 Å². The molecule has 4 aromatic rings.